The van der Waals surface area contributed by atoms with Crippen molar-refractivity contribution in [2.24, 2.45) is 0 Å². The van der Waals surface area contributed by atoms with E-state index in [0.29, 0.717) is 48.7 Å². The normalized spacial score (nSPS) is 14.9. The van der Waals surface area contributed by atoms with E-state index in [1.165, 1.54) is 4.90 Å². The molecule has 1 N–H and O–H groups in total. The summed E-state index contributed by atoms with van der Waals surface area (Å²) in [6.45, 7) is 1.83. The molecule has 0 aliphatic carbocycles. The predicted octanol–water partition coefficient (Wildman–Crippen LogP) is 2.74. The molecule has 9 heteroatoms. The number of amides is 1. The minimum atomic E-state index is -0.911. The summed E-state index contributed by atoms with van der Waals surface area (Å²) in [5, 5.41) is 14.6. The first kappa shape index (κ1) is 15.6. The summed E-state index contributed by atoms with van der Waals surface area (Å²) in [6.07, 6.45) is -0.911. The van der Waals surface area contributed by atoms with Crippen LogP contribution in [0.5, 0.6) is 0 Å². The average molecular weight is 360 g/mol. The van der Waals surface area contributed by atoms with Gasteiger partial charge in [-0.15, -0.1) is 0 Å². The average Bonchev–Trinajstić information content (AvgIpc) is 3.11. The van der Waals surface area contributed by atoms with Crippen LogP contribution in [0.4, 0.5) is 10.8 Å². The highest BCUT2D eigenvalue weighted by Crippen LogP contribution is 2.23. The van der Waals surface area contributed by atoms with Crippen LogP contribution in [-0.2, 0) is 0 Å². The second-order valence-electron chi connectivity index (χ2n) is 5.69. The summed E-state index contributed by atoms with van der Waals surface area (Å²) >= 11 is 5.98. The molecule has 0 radical (unpaired) electrons. The number of aromatic nitrogens is 3. The topological polar surface area (TPSA) is 95.6 Å². The third-order valence-electron chi connectivity index (χ3n) is 4.12. The molecule has 25 heavy (non-hydrogen) atoms. The second-order valence-corrected chi connectivity index (χ2v) is 6.13. The van der Waals surface area contributed by atoms with Gasteiger partial charge in [-0.2, -0.15) is 4.98 Å². The van der Waals surface area contributed by atoms with Gasteiger partial charge in [0.1, 0.15) is 5.69 Å². The van der Waals surface area contributed by atoms with Crippen LogP contribution in [0.15, 0.2) is 34.9 Å². The van der Waals surface area contributed by atoms with E-state index in [1.807, 2.05) is 29.2 Å². The van der Waals surface area contributed by atoms with E-state index in [2.05, 4.69) is 15.1 Å². The molecule has 0 bridgehead atoms. The third-order valence-corrected chi connectivity index (χ3v) is 4.35. The van der Waals surface area contributed by atoms with Gasteiger partial charge in [0.2, 0.25) is 5.82 Å². The van der Waals surface area contributed by atoms with Crippen LogP contribution >= 0.6 is 11.6 Å². The van der Waals surface area contributed by atoms with E-state index >= 15 is 0 Å². The molecule has 1 aliphatic rings. The van der Waals surface area contributed by atoms with Crippen LogP contribution in [0.3, 0.4) is 0 Å². The Bertz CT molecular complexity index is 936. The molecule has 1 fully saturated rings. The number of piperazine rings is 1. The molecule has 2 aromatic heterocycles. The van der Waals surface area contributed by atoms with Gasteiger partial charge in [0, 0.05) is 36.6 Å². The summed E-state index contributed by atoms with van der Waals surface area (Å²) < 4.78 is 5.32. The van der Waals surface area contributed by atoms with Crippen molar-refractivity contribution in [1.29, 1.82) is 0 Å². The first-order chi connectivity index (χ1) is 12.1. The van der Waals surface area contributed by atoms with Crippen LogP contribution in [0.1, 0.15) is 0 Å². The van der Waals surface area contributed by atoms with Gasteiger partial charge in [0.15, 0.2) is 0 Å². The first-order valence-electron chi connectivity index (χ1n) is 7.73. The van der Waals surface area contributed by atoms with Crippen LogP contribution in [-0.4, -0.2) is 57.4 Å². The molecule has 1 aromatic carbocycles. The number of hydrogen-bond acceptors (Lipinski definition) is 6. The SMILES string of the molecule is O=C(O)N1CCN(c2nc(-c3ccc4cc(Cl)ccc4n3)no2)CC1. The van der Waals surface area contributed by atoms with Crippen LogP contribution < -0.4 is 4.90 Å². The van der Waals surface area contributed by atoms with Crippen molar-refractivity contribution < 1.29 is 14.4 Å². The number of halogens is 1. The van der Waals surface area contributed by atoms with Gasteiger partial charge in [0.25, 0.3) is 0 Å². The lowest BCUT2D eigenvalue weighted by Gasteiger charge is -2.31. The number of nitrogens with zero attached hydrogens (tertiary/aromatic N) is 5. The van der Waals surface area contributed by atoms with Crippen molar-refractivity contribution in [1.82, 2.24) is 20.0 Å². The Hall–Kier alpha value is -2.87. The van der Waals surface area contributed by atoms with Gasteiger partial charge in [-0.25, -0.2) is 9.78 Å². The molecular formula is C16H14ClN5O3. The molecule has 4 rings (SSSR count). The zero-order chi connectivity index (χ0) is 17.4. The maximum Gasteiger partial charge on any atom is 0.407 e. The fraction of sp³-hybridized carbons (Fsp3) is 0.250. The zero-order valence-electron chi connectivity index (χ0n) is 13.1. The smallest absolute Gasteiger partial charge is 0.407 e. The van der Waals surface area contributed by atoms with Crippen molar-refractivity contribution in [3.05, 3.63) is 35.4 Å². The number of rotatable bonds is 2. The molecule has 128 valence electrons. The Morgan fingerprint density at radius 1 is 1.12 bits per heavy atom. The predicted molar refractivity (Wildman–Crippen MR) is 91.9 cm³/mol. The Labute approximate surface area is 147 Å². The van der Waals surface area contributed by atoms with Gasteiger partial charge in [-0.1, -0.05) is 22.8 Å². The minimum Gasteiger partial charge on any atom is -0.465 e. The number of pyridine rings is 1. The highest BCUT2D eigenvalue weighted by Gasteiger charge is 2.24. The molecule has 1 saturated heterocycles. The number of fused-ring (bicyclic) bond motifs is 1. The molecule has 3 heterocycles. The van der Waals surface area contributed by atoms with Crippen molar-refractivity contribution >= 4 is 34.6 Å². The Morgan fingerprint density at radius 2 is 1.92 bits per heavy atom. The van der Waals surface area contributed by atoms with E-state index < -0.39 is 6.09 Å². The van der Waals surface area contributed by atoms with Crippen molar-refractivity contribution in [3.63, 3.8) is 0 Å². The van der Waals surface area contributed by atoms with Crippen LogP contribution in [0.25, 0.3) is 22.4 Å². The summed E-state index contributed by atoms with van der Waals surface area (Å²) in [7, 11) is 0. The van der Waals surface area contributed by atoms with Gasteiger partial charge in [-0.3, -0.25) is 0 Å². The molecule has 8 nitrogen and oxygen atoms in total. The molecule has 0 unspecified atom stereocenters. The molecule has 0 atom stereocenters. The van der Waals surface area contributed by atoms with Gasteiger partial charge >= 0.3 is 12.1 Å². The minimum absolute atomic E-state index is 0.373. The Morgan fingerprint density at radius 3 is 2.68 bits per heavy atom. The van der Waals surface area contributed by atoms with Crippen molar-refractivity contribution in [3.8, 4) is 11.5 Å². The molecule has 0 saturated carbocycles. The summed E-state index contributed by atoms with van der Waals surface area (Å²) in [5.74, 6) is 0.396. The maximum atomic E-state index is 11.0. The standard InChI is InChI=1S/C16H14ClN5O3/c17-11-2-4-12-10(9-11)1-3-13(18-12)14-19-15(25-20-14)21-5-7-22(8-6-21)16(23)24/h1-4,9H,5-8H2,(H,23,24). The van der Waals surface area contributed by atoms with E-state index in [-0.39, 0.29) is 0 Å². The first-order valence-corrected chi connectivity index (χ1v) is 8.11. The fourth-order valence-corrected chi connectivity index (χ4v) is 2.94. The number of carboxylic acid groups (broad SMARTS) is 1. The number of carbonyl (C=O) groups is 1. The Balaban J connectivity index is 1.55. The van der Waals surface area contributed by atoms with Crippen molar-refractivity contribution in [2.45, 2.75) is 0 Å². The highest BCUT2D eigenvalue weighted by atomic mass is 35.5. The van der Waals surface area contributed by atoms with E-state index in [9.17, 15) is 4.79 Å². The van der Waals surface area contributed by atoms with Crippen LogP contribution in [0, 0.1) is 0 Å². The molecule has 3 aromatic rings. The van der Waals surface area contributed by atoms with E-state index in [0.717, 1.165) is 10.9 Å². The zero-order valence-corrected chi connectivity index (χ0v) is 13.8. The monoisotopic (exact) mass is 359 g/mol. The van der Waals surface area contributed by atoms with Gasteiger partial charge in [-0.05, 0) is 24.3 Å². The van der Waals surface area contributed by atoms with E-state index in [1.54, 1.807) is 6.07 Å². The number of benzene rings is 1. The number of anilines is 1. The maximum absolute atomic E-state index is 11.0. The molecular weight excluding hydrogens is 346 g/mol. The second kappa shape index (κ2) is 6.21. The summed E-state index contributed by atoms with van der Waals surface area (Å²) in [5.41, 5.74) is 1.40. The lowest BCUT2D eigenvalue weighted by atomic mass is 10.2. The molecule has 1 amide bonds. The van der Waals surface area contributed by atoms with Crippen LogP contribution in [0.2, 0.25) is 5.02 Å². The quantitative estimate of drug-likeness (QED) is 0.751. The lowest BCUT2D eigenvalue weighted by Crippen LogP contribution is -2.48. The van der Waals surface area contributed by atoms with Crippen molar-refractivity contribution in [2.75, 3.05) is 31.1 Å². The molecule has 1 aliphatic heterocycles. The summed E-state index contributed by atoms with van der Waals surface area (Å²) in [4.78, 5) is 23.1. The van der Waals surface area contributed by atoms with E-state index in [4.69, 9.17) is 21.2 Å². The molecule has 0 spiro atoms. The third kappa shape index (κ3) is 3.08. The number of hydrogen-bond donors (Lipinski definition) is 1. The summed E-state index contributed by atoms with van der Waals surface area (Å²) in [6, 6.07) is 9.56. The lowest BCUT2D eigenvalue weighted by molar-refractivity contribution is 0.141. The highest BCUT2D eigenvalue weighted by molar-refractivity contribution is 6.31. The Kier molecular flexibility index (Phi) is 3.89. The fourth-order valence-electron chi connectivity index (χ4n) is 2.76. The van der Waals surface area contributed by atoms with Gasteiger partial charge < -0.3 is 19.4 Å². The van der Waals surface area contributed by atoms with Gasteiger partial charge in [0.05, 0.1) is 5.52 Å². The largest absolute Gasteiger partial charge is 0.465 e.